The summed E-state index contributed by atoms with van der Waals surface area (Å²) in [4.78, 5) is 0. The average molecular weight is 272 g/mol. The minimum absolute atomic E-state index is 0.591. The Kier molecular flexibility index (Phi) is 4.48. The van der Waals surface area contributed by atoms with Gasteiger partial charge in [0.2, 0.25) is 5.13 Å². The fourth-order valence-corrected chi connectivity index (χ4v) is 2.63. The highest BCUT2D eigenvalue weighted by atomic mass is 32.1. The third-order valence-electron chi connectivity index (χ3n) is 2.55. The molecule has 2 rings (SSSR count). The van der Waals surface area contributed by atoms with Crippen molar-refractivity contribution in [1.29, 1.82) is 5.26 Å². The monoisotopic (exact) mass is 272 g/mol. The second kappa shape index (κ2) is 6.30. The molecule has 0 aliphatic carbocycles. The molecule has 0 saturated carbocycles. The maximum absolute atomic E-state index is 8.84. The van der Waals surface area contributed by atoms with Gasteiger partial charge in [0.15, 0.2) is 0 Å². The van der Waals surface area contributed by atoms with Gasteiger partial charge in [-0.05, 0) is 23.6 Å². The zero-order valence-electron chi connectivity index (χ0n) is 11.1. The Hall–Kier alpha value is -1.93. The lowest BCUT2D eigenvalue weighted by molar-refractivity contribution is 0.640. The van der Waals surface area contributed by atoms with Crippen molar-refractivity contribution < 1.29 is 0 Å². The summed E-state index contributed by atoms with van der Waals surface area (Å²) in [7, 11) is 0. The number of nitrogens with one attached hydrogen (secondary N) is 1. The van der Waals surface area contributed by atoms with Crippen molar-refractivity contribution in [1.82, 2.24) is 10.2 Å². The Morgan fingerprint density at radius 2 is 2.21 bits per heavy atom. The zero-order valence-corrected chi connectivity index (χ0v) is 11.9. The van der Waals surface area contributed by atoms with Crippen LogP contribution in [0, 0.1) is 17.2 Å². The van der Waals surface area contributed by atoms with E-state index in [0.717, 1.165) is 22.1 Å². The quantitative estimate of drug-likeness (QED) is 0.907. The van der Waals surface area contributed by atoms with Gasteiger partial charge in [0, 0.05) is 13.0 Å². The number of hydrogen-bond acceptors (Lipinski definition) is 5. The van der Waals surface area contributed by atoms with Crippen molar-refractivity contribution in [2.45, 2.75) is 26.8 Å². The molecule has 1 heterocycles. The molecule has 19 heavy (non-hydrogen) atoms. The standard InChI is InChI=1S/C14H16N4S/c1-10(2)6-13-17-18-14(19-13)16-9-12-5-3-4-11(7-12)8-15/h3-5,7,10H,6,9H2,1-2H3,(H,16,18). The van der Waals surface area contributed by atoms with E-state index in [-0.39, 0.29) is 0 Å². The van der Waals surface area contributed by atoms with E-state index in [4.69, 9.17) is 5.26 Å². The molecule has 5 heteroatoms. The van der Waals surface area contributed by atoms with Gasteiger partial charge in [-0.25, -0.2) is 0 Å². The van der Waals surface area contributed by atoms with Gasteiger partial charge < -0.3 is 5.32 Å². The van der Waals surface area contributed by atoms with Crippen LogP contribution in [-0.4, -0.2) is 10.2 Å². The van der Waals surface area contributed by atoms with Gasteiger partial charge >= 0.3 is 0 Å². The van der Waals surface area contributed by atoms with E-state index >= 15 is 0 Å². The molecule has 0 aliphatic rings. The molecule has 1 aromatic carbocycles. The van der Waals surface area contributed by atoms with E-state index < -0.39 is 0 Å². The van der Waals surface area contributed by atoms with Crippen molar-refractivity contribution in [2.75, 3.05) is 5.32 Å². The number of benzene rings is 1. The Labute approximate surface area is 117 Å². The zero-order chi connectivity index (χ0) is 13.7. The first-order valence-corrected chi connectivity index (χ1v) is 7.04. The second-order valence-corrected chi connectivity index (χ2v) is 5.83. The first kappa shape index (κ1) is 13.5. The van der Waals surface area contributed by atoms with Crippen LogP contribution in [0.1, 0.15) is 30.0 Å². The first-order valence-electron chi connectivity index (χ1n) is 6.22. The fourth-order valence-electron chi connectivity index (χ4n) is 1.69. The maximum Gasteiger partial charge on any atom is 0.205 e. The van der Waals surface area contributed by atoms with Gasteiger partial charge in [-0.2, -0.15) is 5.26 Å². The Bertz CT molecular complexity index is 583. The lowest BCUT2D eigenvalue weighted by Crippen LogP contribution is -1.99. The average Bonchev–Trinajstić information content (AvgIpc) is 2.83. The number of nitrogens with zero attached hydrogens (tertiary/aromatic N) is 3. The Morgan fingerprint density at radius 1 is 1.37 bits per heavy atom. The highest BCUT2D eigenvalue weighted by molar-refractivity contribution is 7.15. The Balaban J connectivity index is 1.95. The van der Waals surface area contributed by atoms with Crippen LogP contribution in [0.3, 0.4) is 0 Å². The fraction of sp³-hybridized carbons (Fsp3) is 0.357. The molecule has 2 aromatic rings. The van der Waals surface area contributed by atoms with Crippen LogP contribution in [0.25, 0.3) is 0 Å². The first-order chi connectivity index (χ1) is 9.17. The third kappa shape index (κ3) is 4.04. The Morgan fingerprint density at radius 3 is 2.95 bits per heavy atom. The third-order valence-corrected chi connectivity index (χ3v) is 3.45. The summed E-state index contributed by atoms with van der Waals surface area (Å²) in [6, 6.07) is 9.70. The molecule has 1 aromatic heterocycles. The van der Waals surface area contributed by atoms with Crippen LogP contribution in [0.5, 0.6) is 0 Å². The molecule has 0 saturated heterocycles. The van der Waals surface area contributed by atoms with Gasteiger partial charge in [0.05, 0.1) is 11.6 Å². The van der Waals surface area contributed by atoms with Crippen LogP contribution in [0.2, 0.25) is 0 Å². The molecular weight excluding hydrogens is 256 g/mol. The molecule has 0 radical (unpaired) electrons. The van der Waals surface area contributed by atoms with Crippen molar-refractivity contribution >= 4 is 16.5 Å². The van der Waals surface area contributed by atoms with Gasteiger partial charge in [0.25, 0.3) is 0 Å². The van der Waals surface area contributed by atoms with Crippen LogP contribution >= 0.6 is 11.3 Å². The van der Waals surface area contributed by atoms with Crippen LogP contribution in [0.15, 0.2) is 24.3 Å². The minimum Gasteiger partial charge on any atom is -0.356 e. The molecule has 0 spiro atoms. The van der Waals surface area contributed by atoms with Gasteiger partial charge in [-0.15, -0.1) is 10.2 Å². The van der Waals surface area contributed by atoms with Gasteiger partial charge in [-0.3, -0.25) is 0 Å². The van der Waals surface area contributed by atoms with Crippen molar-refractivity contribution in [2.24, 2.45) is 5.92 Å². The maximum atomic E-state index is 8.84. The van der Waals surface area contributed by atoms with E-state index in [1.807, 2.05) is 18.2 Å². The predicted octanol–water partition coefficient (Wildman–Crippen LogP) is 3.22. The summed E-state index contributed by atoms with van der Waals surface area (Å²) in [6.45, 7) is 5.00. The molecule has 4 nitrogen and oxygen atoms in total. The largest absolute Gasteiger partial charge is 0.356 e. The minimum atomic E-state index is 0.591. The lowest BCUT2D eigenvalue weighted by Gasteiger charge is -2.02. The van der Waals surface area contributed by atoms with E-state index in [0.29, 0.717) is 18.0 Å². The van der Waals surface area contributed by atoms with Gasteiger partial charge in [0.1, 0.15) is 5.01 Å². The van der Waals surface area contributed by atoms with Crippen LogP contribution < -0.4 is 5.32 Å². The molecule has 0 bridgehead atoms. The molecule has 0 fully saturated rings. The van der Waals surface area contributed by atoms with E-state index in [2.05, 4.69) is 35.4 Å². The highest BCUT2D eigenvalue weighted by Crippen LogP contribution is 2.19. The molecule has 98 valence electrons. The van der Waals surface area contributed by atoms with Gasteiger partial charge in [-0.1, -0.05) is 37.3 Å². The van der Waals surface area contributed by atoms with Crippen molar-refractivity contribution in [3.8, 4) is 6.07 Å². The SMILES string of the molecule is CC(C)Cc1nnc(NCc2cccc(C#N)c2)s1. The van der Waals surface area contributed by atoms with Crippen LogP contribution in [0.4, 0.5) is 5.13 Å². The summed E-state index contributed by atoms with van der Waals surface area (Å²) in [5.41, 5.74) is 1.75. The number of aromatic nitrogens is 2. The summed E-state index contributed by atoms with van der Waals surface area (Å²) in [5, 5.41) is 22.3. The molecule has 0 atom stereocenters. The lowest BCUT2D eigenvalue weighted by atomic mass is 10.1. The summed E-state index contributed by atoms with van der Waals surface area (Å²) < 4.78 is 0. The van der Waals surface area contributed by atoms with Crippen molar-refractivity contribution in [3.05, 3.63) is 40.4 Å². The summed E-state index contributed by atoms with van der Waals surface area (Å²) in [6.07, 6.45) is 0.962. The van der Waals surface area contributed by atoms with Crippen LogP contribution in [-0.2, 0) is 13.0 Å². The van der Waals surface area contributed by atoms with E-state index in [1.54, 1.807) is 17.4 Å². The predicted molar refractivity (Wildman–Crippen MR) is 76.9 cm³/mol. The summed E-state index contributed by atoms with van der Waals surface area (Å²) in [5.74, 6) is 0.591. The van der Waals surface area contributed by atoms with E-state index in [9.17, 15) is 0 Å². The van der Waals surface area contributed by atoms with Crippen molar-refractivity contribution in [3.63, 3.8) is 0 Å². The topological polar surface area (TPSA) is 61.6 Å². The molecule has 0 amide bonds. The molecule has 1 N–H and O–H groups in total. The number of rotatable bonds is 5. The second-order valence-electron chi connectivity index (χ2n) is 4.76. The molecule has 0 aliphatic heterocycles. The number of nitriles is 1. The summed E-state index contributed by atoms with van der Waals surface area (Å²) >= 11 is 1.59. The normalized spacial score (nSPS) is 10.4. The molecular formula is C14H16N4S. The number of anilines is 1. The number of hydrogen-bond donors (Lipinski definition) is 1. The highest BCUT2D eigenvalue weighted by Gasteiger charge is 2.06. The molecule has 0 unspecified atom stereocenters. The smallest absolute Gasteiger partial charge is 0.205 e. The van der Waals surface area contributed by atoms with E-state index in [1.165, 1.54) is 0 Å².